The molecule has 0 spiro atoms. The highest BCUT2D eigenvalue weighted by atomic mass is 32.2. The lowest BCUT2D eigenvalue weighted by Gasteiger charge is -2.23. The third-order valence-corrected chi connectivity index (χ3v) is 5.74. The van der Waals surface area contributed by atoms with Gasteiger partial charge in [0.05, 0.1) is 9.82 Å². The van der Waals surface area contributed by atoms with Crippen LogP contribution < -0.4 is 11.3 Å². The number of nitro benzene ring substituents is 1. The minimum absolute atomic E-state index is 0.00421. The number of nitro groups is 1. The molecule has 1 aliphatic carbocycles. The highest BCUT2D eigenvalue weighted by Crippen LogP contribution is 2.31. The summed E-state index contributed by atoms with van der Waals surface area (Å²) < 4.78 is 26.5. The lowest BCUT2D eigenvalue weighted by atomic mass is 10.3. The molecule has 2 rings (SSSR count). The Bertz CT molecular complexity index is 641. The van der Waals surface area contributed by atoms with E-state index in [1.165, 1.54) is 16.4 Å². The first kappa shape index (κ1) is 15.7. The largest absolute Gasteiger partial charge is 0.318 e. The second-order valence-corrected chi connectivity index (χ2v) is 7.04. The number of anilines is 1. The summed E-state index contributed by atoms with van der Waals surface area (Å²) in [5.74, 6) is 5.24. The number of nitrogens with one attached hydrogen (secondary N) is 1. The topological polar surface area (TPSA) is 119 Å². The predicted octanol–water partition coefficient (Wildman–Crippen LogP) is 1.44. The van der Waals surface area contributed by atoms with Gasteiger partial charge in [-0.05, 0) is 25.0 Å². The summed E-state index contributed by atoms with van der Waals surface area (Å²) in [6, 6.07) is 3.56. The van der Waals surface area contributed by atoms with Gasteiger partial charge in [-0.15, -0.1) is 0 Å². The molecule has 1 aromatic rings. The Morgan fingerprint density at radius 1 is 1.38 bits per heavy atom. The first-order valence-electron chi connectivity index (χ1n) is 6.61. The number of hydrazine groups is 1. The first-order chi connectivity index (χ1) is 9.87. The minimum Gasteiger partial charge on any atom is -0.318 e. The third kappa shape index (κ3) is 2.99. The maximum atomic E-state index is 12.6. The molecule has 3 N–H and O–H groups in total. The van der Waals surface area contributed by atoms with E-state index in [9.17, 15) is 18.5 Å². The molecule has 0 atom stereocenters. The fraction of sp³-hybridized carbons (Fsp3) is 0.500. The number of hydrogen-bond acceptors (Lipinski definition) is 6. The zero-order valence-corrected chi connectivity index (χ0v) is 12.5. The van der Waals surface area contributed by atoms with Crippen LogP contribution in [0.1, 0.15) is 25.7 Å². The van der Waals surface area contributed by atoms with Crippen molar-refractivity contribution in [3.63, 3.8) is 0 Å². The molecule has 0 heterocycles. The van der Waals surface area contributed by atoms with Crippen molar-refractivity contribution in [2.75, 3.05) is 12.5 Å². The summed E-state index contributed by atoms with van der Waals surface area (Å²) in [7, 11) is -2.14. The zero-order valence-electron chi connectivity index (χ0n) is 11.7. The molecule has 1 aromatic carbocycles. The fourth-order valence-electron chi connectivity index (χ4n) is 2.58. The molecule has 1 saturated carbocycles. The van der Waals surface area contributed by atoms with Crippen molar-refractivity contribution >= 4 is 21.4 Å². The van der Waals surface area contributed by atoms with Crippen LogP contribution in [0, 0.1) is 10.1 Å². The van der Waals surface area contributed by atoms with E-state index in [4.69, 9.17) is 5.84 Å². The second-order valence-electron chi connectivity index (χ2n) is 5.04. The summed E-state index contributed by atoms with van der Waals surface area (Å²) in [5, 5.41) is 10.8. The molecule has 116 valence electrons. The van der Waals surface area contributed by atoms with Gasteiger partial charge in [-0.3, -0.25) is 16.0 Å². The van der Waals surface area contributed by atoms with Gasteiger partial charge in [-0.2, -0.15) is 4.31 Å². The van der Waals surface area contributed by atoms with E-state index in [0.717, 1.165) is 31.7 Å². The Balaban J connectivity index is 2.38. The molecular formula is C12H18N4O4S. The second kappa shape index (κ2) is 5.96. The predicted molar refractivity (Wildman–Crippen MR) is 78.1 cm³/mol. The van der Waals surface area contributed by atoms with Crippen LogP contribution in [0.5, 0.6) is 0 Å². The van der Waals surface area contributed by atoms with E-state index in [-0.39, 0.29) is 22.3 Å². The molecule has 0 amide bonds. The van der Waals surface area contributed by atoms with Crippen LogP contribution in [0.15, 0.2) is 23.1 Å². The molecule has 8 nitrogen and oxygen atoms in total. The normalized spacial score (nSPS) is 16.3. The van der Waals surface area contributed by atoms with E-state index in [0.29, 0.717) is 0 Å². The van der Waals surface area contributed by atoms with Crippen LogP contribution in [-0.4, -0.2) is 30.7 Å². The number of rotatable bonds is 5. The number of sulfonamides is 1. The van der Waals surface area contributed by atoms with Crippen molar-refractivity contribution in [2.45, 2.75) is 36.6 Å². The lowest BCUT2D eigenvalue weighted by molar-refractivity contribution is -0.384. The Morgan fingerprint density at radius 3 is 2.52 bits per heavy atom. The maximum Gasteiger partial charge on any atom is 0.293 e. The Hall–Kier alpha value is -1.71. The average molecular weight is 314 g/mol. The standard InChI is InChI=1S/C12H18N4O4S/c1-15(9-4-2-3-5-9)21(19,20)10-6-7-12(16(17)18)11(8-10)14-13/h6-9,14H,2-5,13H2,1H3. The molecule has 0 radical (unpaired) electrons. The van der Waals surface area contributed by atoms with Crippen LogP contribution in [0.3, 0.4) is 0 Å². The molecule has 9 heteroatoms. The van der Waals surface area contributed by atoms with Crippen molar-refractivity contribution in [1.29, 1.82) is 0 Å². The van der Waals surface area contributed by atoms with Crippen molar-refractivity contribution in [3.8, 4) is 0 Å². The van der Waals surface area contributed by atoms with E-state index >= 15 is 0 Å². The van der Waals surface area contributed by atoms with Crippen molar-refractivity contribution in [1.82, 2.24) is 4.31 Å². The average Bonchev–Trinajstić information content (AvgIpc) is 2.99. The summed E-state index contributed by atoms with van der Waals surface area (Å²) in [6.07, 6.45) is 3.70. The zero-order chi connectivity index (χ0) is 15.6. The SMILES string of the molecule is CN(C1CCCC1)S(=O)(=O)c1ccc([N+](=O)[O-])c(NN)c1. The fourth-order valence-corrected chi connectivity index (χ4v) is 4.02. The molecule has 0 unspecified atom stereocenters. The Morgan fingerprint density at radius 2 is 2.00 bits per heavy atom. The quantitative estimate of drug-likeness (QED) is 0.482. The summed E-state index contributed by atoms with van der Waals surface area (Å²) in [4.78, 5) is 10.2. The van der Waals surface area contributed by atoms with Gasteiger partial charge in [0, 0.05) is 19.2 Å². The monoisotopic (exact) mass is 314 g/mol. The van der Waals surface area contributed by atoms with Gasteiger partial charge in [0.2, 0.25) is 10.0 Å². The molecule has 1 fully saturated rings. The van der Waals surface area contributed by atoms with E-state index in [1.54, 1.807) is 7.05 Å². The number of nitrogens with zero attached hydrogens (tertiary/aromatic N) is 2. The summed E-state index contributed by atoms with van der Waals surface area (Å²) in [6.45, 7) is 0. The highest BCUT2D eigenvalue weighted by Gasteiger charge is 2.31. The van der Waals surface area contributed by atoms with Crippen molar-refractivity contribution in [2.24, 2.45) is 5.84 Å². The van der Waals surface area contributed by atoms with Gasteiger partial charge in [0.1, 0.15) is 5.69 Å². The number of nitrogen functional groups attached to an aromatic ring is 1. The molecule has 0 bridgehead atoms. The van der Waals surface area contributed by atoms with Crippen molar-refractivity contribution in [3.05, 3.63) is 28.3 Å². The van der Waals surface area contributed by atoms with Crippen LogP contribution in [-0.2, 0) is 10.0 Å². The van der Waals surface area contributed by atoms with Gasteiger partial charge in [0.25, 0.3) is 5.69 Å². The van der Waals surface area contributed by atoms with Gasteiger partial charge in [0.15, 0.2) is 0 Å². The molecule has 0 aliphatic heterocycles. The molecule has 1 aliphatic rings. The van der Waals surface area contributed by atoms with Gasteiger partial charge < -0.3 is 5.43 Å². The highest BCUT2D eigenvalue weighted by molar-refractivity contribution is 7.89. The molecular weight excluding hydrogens is 296 g/mol. The number of benzene rings is 1. The van der Waals surface area contributed by atoms with Gasteiger partial charge in [-0.1, -0.05) is 12.8 Å². The van der Waals surface area contributed by atoms with Gasteiger partial charge >= 0.3 is 0 Å². The van der Waals surface area contributed by atoms with Crippen LogP contribution in [0.4, 0.5) is 11.4 Å². The Kier molecular flexibility index (Phi) is 4.45. The van der Waals surface area contributed by atoms with Gasteiger partial charge in [-0.25, -0.2) is 8.42 Å². The van der Waals surface area contributed by atoms with Crippen molar-refractivity contribution < 1.29 is 13.3 Å². The smallest absolute Gasteiger partial charge is 0.293 e. The molecule has 0 saturated heterocycles. The molecule has 21 heavy (non-hydrogen) atoms. The van der Waals surface area contributed by atoms with E-state index in [1.807, 2.05) is 0 Å². The minimum atomic E-state index is -3.68. The van der Waals surface area contributed by atoms with E-state index in [2.05, 4.69) is 5.43 Å². The number of nitrogens with two attached hydrogens (primary N) is 1. The lowest BCUT2D eigenvalue weighted by Crippen LogP contribution is -2.35. The van der Waals surface area contributed by atoms with Crippen LogP contribution >= 0.6 is 0 Å². The van der Waals surface area contributed by atoms with Crippen LogP contribution in [0.2, 0.25) is 0 Å². The molecule has 0 aromatic heterocycles. The maximum absolute atomic E-state index is 12.6. The summed E-state index contributed by atoms with van der Waals surface area (Å²) in [5.41, 5.74) is 1.88. The Labute approximate surface area is 123 Å². The first-order valence-corrected chi connectivity index (χ1v) is 8.05. The van der Waals surface area contributed by atoms with E-state index < -0.39 is 14.9 Å². The number of hydrogen-bond donors (Lipinski definition) is 2. The summed E-state index contributed by atoms with van der Waals surface area (Å²) >= 11 is 0. The van der Waals surface area contributed by atoms with Crippen LogP contribution in [0.25, 0.3) is 0 Å². The third-order valence-electron chi connectivity index (χ3n) is 3.84.